The minimum atomic E-state index is 0.678. The molecule has 0 atom stereocenters. The average Bonchev–Trinajstić information content (AvgIpc) is 3.71. The first kappa shape index (κ1) is 29.2. The smallest absolute Gasteiger partial charge is 0.160 e. The zero-order valence-electron chi connectivity index (χ0n) is 28.0. The van der Waals surface area contributed by atoms with E-state index in [4.69, 9.17) is 9.97 Å². The molecule has 0 unspecified atom stereocenters. The minimum absolute atomic E-state index is 0.678. The van der Waals surface area contributed by atoms with Crippen LogP contribution in [0, 0.1) is 6.92 Å². The number of aryl methyl sites for hydroxylation is 1. The highest BCUT2D eigenvalue weighted by Crippen LogP contribution is 2.38. The molecule has 0 aliphatic heterocycles. The third-order valence-electron chi connectivity index (χ3n) is 9.95. The first-order chi connectivity index (χ1) is 25.2. The summed E-state index contributed by atoms with van der Waals surface area (Å²) in [6, 6.07) is 62.5. The van der Waals surface area contributed by atoms with Gasteiger partial charge in [-0.05, 0) is 61.5 Å². The third kappa shape index (κ3) is 4.84. The first-order valence-electron chi connectivity index (χ1n) is 17.3. The van der Waals surface area contributed by atoms with Crippen LogP contribution in [0.4, 0.5) is 0 Å². The lowest BCUT2D eigenvalue weighted by molar-refractivity contribution is 1.12. The molecule has 0 aliphatic rings. The van der Waals surface area contributed by atoms with Gasteiger partial charge in [0, 0.05) is 49.6 Å². The molecule has 0 fully saturated rings. The Kier molecular flexibility index (Phi) is 6.68. The van der Waals surface area contributed by atoms with E-state index in [1.54, 1.807) is 0 Å². The summed E-state index contributed by atoms with van der Waals surface area (Å²) in [5.41, 5.74) is 12.8. The van der Waals surface area contributed by atoms with Crippen molar-refractivity contribution in [1.82, 2.24) is 19.1 Å². The summed E-state index contributed by atoms with van der Waals surface area (Å²) in [4.78, 5) is 10.6. The van der Waals surface area contributed by atoms with Crippen LogP contribution >= 0.6 is 0 Å². The summed E-state index contributed by atoms with van der Waals surface area (Å²) in [7, 11) is 0. The molecule has 3 heterocycles. The molecular weight excluding hydrogens is 621 g/mol. The van der Waals surface area contributed by atoms with Crippen LogP contribution in [0.25, 0.3) is 88.9 Å². The van der Waals surface area contributed by atoms with Crippen LogP contribution in [0.15, 0.2) is 176 Å². The van der Waals surface area contributed by atoms with Gasteiger partial charge in [-0.15, -0.1) is 0 Å². The number of hydrogen-bond acceptors (Lipinski definition) is 2. The lowest BCUT2D eigenvalue weighted by atomic mass is 10.0. The fourth-order valence-electron chi connectivity index (χ4n) is 7.67. The largest absolute Gasteiger partial charge is 0.309 e. The van der Waals surface area contributed by atoms with Crippen molar-refractivity contribution in [2.24, 2.45) is 0 Å². The Morgan fingerprint density at radius 2 is 0.784 bits per heavy atom. The van der Waals surface area contributed by atoms with Gasteiger partial charge in [0.15, 0.2) is 5.82 Å². The number of benzene rings is 7. The van der Waals surface area contributed by atoms with E-state index in [0.29, 0.717) is 5.82 Å². The van der Waals surface area contributed by atoms with Gasteiger partial charge in [-0.3, -0.25) is 0 Å². The highest BCUT2D eigenvalue weighted by atomic mass is 15.0. The van der Waals surface area contributed by atoms with Crippen molar-refractivity contribution in [3.05, 3.63) is 181 Å². The van der Waals surface area contributed by atoms with Crippen LogP contribution in [-0.2, 0) is 0 Å². The van der Waals surface area contributed by atoms with Gasteiger partial charge in [0.25, 0.3) is 0 Å². The Morgan fingerprint density at radius 1 is 0.353 bits per heavy atom. The van der Waals surface area contributed by atoms with Gasteiger partial charge in [0.05, 0.1) is 33.5 Å². The molecule has 10 aromatic rings. The second-order valence-electron chi connectivity index (χ2n) is 13.2. The number of para-hydroxylation sites is 4. The topological polar surface area (TPSA) is 35.6 Å². The molecule has 7 aromatic carbocycles. The Hall–Kier alpha value is -6.78. The number of nitrogens with zero attached hydrogens (tertiary/aromatic N) is 4. The molecule has 0 aliphatic carbocycles. The Balaban J connectivity index is 1.31. The molecule has 0 N–H and O–H groups in total. The third-order valence-corrected chi connectivity index (χ3v) is 9.95. The zero-order valence-corrected chi connectivity index (χ0v) is 28.0. The van der Waals surface area contributed by atoms with E-state index in [2.05, 4.69) is 186 Å². The lowest BCUT2D eigenvalue weighted by Gasteiger charge is -2.16. The summed E-state index contributed by atoms with van der Waals surface area (Å²) >= 11 is 0. The predicted molar refractivity (Wildman–Crippen MR) is 212 cm³/mol. The highest BCUT2D eigenvalue weighted by molar-refractivity contribution is 6.10. The van der Waals surface area contributed by atoms with Gasteiger partial charge in [0.2, 0.25) is 0 Å². The SMILES string of the molecule is Cc1cccc(-c2cc(-c3ccccc3)nc(-c3cc(-n4c5ccccc5c5ccccc54)cc(-n4c5ccccc5c5ccccc54)c3)n2)c1. The van der Waals surface area contributed by atoms with Gasteiger partial charge in [-0.1, -0.05) is 127 Å². The van der Waals surface area contributed by atoms with Crippen LogP contribution in [0.3, 0.4) is 0 Å². The van der Waals surface area contributed by atoms with Crippen molar-refractivity contribution in [3.8, 4) is 45.3 Å². The summed E-state index contributed by atoms with van der Waals surface area (Å²) in [6.45, 7) is 2.12. The Labute approximate surface area is 295 Å². The Bertz CT molecular complexity index is 2690. The number of aromatic nitrogens is 4. The zero-order chi connectivity index (χ0) is 33.9. The van der Waals surface area contributed by atoms with Crippen molar-refractivity contribution in [3.63, 3.8) is 0 Å². The van der Waals surface area contributed by atoms with Crippen LogP contribution in [0.1, 0.15) is 5.56 Å². The van der Waals surface area contributed by atoms with E-state index < -0.39 is 0 Å². The van der Waals surface area contributed by atoms with Gasteiger partial charge < -0.3 is 9.13 Å². The lowest BCUT2D eigenvalue weighted by Crippen LogP contribution is -2.02. The minimum Gasteiger partial charge on any atom is -0.309 e. The molecule has 0 saturated carbocycles. The normalized spacial score (nSPS) is 11.6. The summed E-state index contributed by atoms with van der Waals surface area (Å²) in [5.74, 6) is 0.678. The molecule has 240 valence electrons. The van der Waals surface area contributed by atoms with Crippen molar-refractivity contribution in [1.29, 1.82) is 0 Å². The molecule has 10 rings (SSSR count). The van der Waals surface area contributed by atoms with Crippen molar-refractivity contribution < 1.29 is 0 Å². The van der Waals surface area contributed by atoms with Gasteiger partial charge in [-0.2, -0.15) is 0 Å². The maximum Gasteiger partial charge on any atom is 0.160 e. The second-order valence-corrected chi connectivity index (χ2v) is 13.2. The number of fused-ring (bicyclic) bond motifs is 6. The van der Waals surface area contributed by atoms with Gasteiger partial charge in [0.1, 0.15) is 0 Å². The quantitative estimate of drug-likeness (QED) is 0.185. The van der Waals surface area contributed by atoms with E-state index in [-0.39, 0.29) is 0 Å². The standard InChI is InChI=1S/C47H32N4/c1-31-14-13-17-33(26-31)42-30-41(32-15-3-2-4-16-32)48-47(49-42)34-27-35(50-43-22-9-5-18-37(43)38-19-6-10-23-44(38)50)29-36(28-34)51-45-24-11-7-20-39(45)40-21-8-12-25-46(40)51/h2-30H,1H3. The second kappa shape index (κ2) is 11.7. The molecule has 0 saturated heterocycles. The maximum atomic E-state index is 5.31. The highest BCUT2D eigenvalue weighted by Gasteiger charge is 2.19. The molecular formula is C47H32N4. The number of hydrogen-bond donors (Lipinski definition) is 0. The predicted octanol–water partition coefficient (Wildman–Crippen LogP) is 12.0. The molecule has 0 bridgehead atoms. The molecule has 3 aromatic heterocycles. The van der Waals surface area contributed by atoms with Crippen LogP contribution in [-0.4, -0.2) is 19.1 Å². The summed E-state index contributed by atoms with van der Waals surface area (Å²) in [6.07, 6.45) is 0. The van der Waals surface area contributed by atoms with Crippen molar-refractivity contribution in [2.75, 3.05) is 0 Å². The maximum absolute atomic E-state index is 5.31. The van der Waals surface area contributed by atoms with E-state index in [1.165, 1.54) is 27.1 Å². The fraction of sp³-hybridized carbons (Fsp3) is 0.0213. The van der Waals surface area contributed by atoms with Crippen molar-refractivity contribution in [2.45, 2.75) is 6.92 Å². The average molecular weight is 653 g/mol. The molecule has 0 amide bonds. The van der Waals surface area contributed by atoms with E-state index >= 15 is 0 Å². The van der Waals surface area contributed by atoms with Gasteiger partial charge in [-0.25, -0.2) is 9.97 Å². The summed E-state index contributed by atoms with van der Waals surface area (Å²) in [5, 5.41) is 4.89. The molecule has 51 heavy (non-hydrogen) atoms. The first-order valence-corrected chi connectivity index (χ1v) is 17.3. The fourth-order valence-corrected chi connectivity index (χ4v) is 7.67. The van der Waals surface area contributed by atoms with Crippen LogP contribution in [0.5, 0.6) is 0 Å². The molecule has 4 heteroatoms. The monoisotopic (exact) mass is 652 g/mol. The van der Waals surface area contributed by atoms with Crippen LogP contribution in [0.2, 0.25) is 0 Å². The van der Waals surface area contributed by atoms with E-state index in [9.17, 15) is 0 Å². The molecule has 4 nitrogen and oxygen atoms in total. The van der Waals surface area contributed by atoms with E-state index in [0.717, 1.165) is 61.5 Å². The van der Waals surface area contributed by atoms with Crippen LogP contribution < -0.4 is 0 Å². The number of rotatable bonds is 5. The Morgan fingerprint density at radius 3 is 1.27 bits per heavy atom. The van der Waals surface area contributed by atoms with Gasteiger partial charge >= 0.3 is 0 Å². The van der Waals surface area contributed by atoms with E-state index in [1.807, 2.05) is 6.07 Å². The molecule has 0 spiro atoms. The molecule has 0 radical (unpaired) electrons. The van der Waals surface area contributed by atoms with Crippen molar-refractivity contribution >= 4 is 43.6 Å². The summed E-state index contributed by atoms with van der Waals surface area (Å²) < 4.78 is 4.77.